The van der Waals surface area contributed by atoms with E-state index in [0.717, 1.165) is 44.4 Å². The van der Waals surface area contributed by atoms with Crippen LogP contribution in [0.25, 0.3) is 0 Å². The van der Waals surface area contributed by atoms with Crippen molar-refractivity contribution >= 4 is 11.9 Å². The monoisotopic (exact) mass is 508 g/mol. The van der Waals surface area contributed by atoms with E-state index in [4.69, 9.17) is 10.2 Å². The minimum atomic E-state index is -0.676. The zero-order valence-corrected chi connectivity index (χ0v) is 23.8. The summed E-state index contributed by atoms with van der Waals surface area (Å²) in [6.45, 7) is 2.27. The predicted molar refractivity (Wildman–Crippen MR) is 154 cm³/mol. The van der Waals surface area contributed by atoms with E-state index in [9.17, 15) is 9.59 Å². The summed E-state index contributed by atoms with van der Waals surface area (Å²) in [5.74, 6) is -0.538. The van der Waals surface area contributed by atoms with E-state index in [1.54, 1.807) is 0 Å². The number of carboxylic acid groups (broad SMARTS) is 2. The zero-order chi connectivity index (χ0) is 26.5. The Morgan fingerprint density at radius 2 is 0.833 bits per heavy atom. The first-order valence-corrected chi connectivity index (χ1v) is 15.6. The smallest absolute Gasteiger partial charge is 0.303 e. The van der Waals surface area contributed by atoms with Gasteiger partial charge >= 0.3 is 11.9 Å². The third-order valence-corrected chi connectivity index (χ3v) is 7.38. The van der Waals surface area contributed by atoms with Crippen molar-refractivity contribution in [3.63, 3.8) is 0 Å². The Morgan fingerprint density at radius 1 is 0.500 bits per heavy atom. The molecule has 0 aliphatic heterocycles. The SMILES string of the molecule is CCCCCCCCCCC(CCCCCCC=CCCCCCCCC(=O)O)CCCCC(=O)O. The number of rotatable bonds is 29. The van der Waals surface area contributed by atoms with Crippen molar-refractivity contribution in [1.82, 2.24) is 0 Å². The number of unbranched alkanes of at least 4 members (excludes halogenated alkanes) is 17. The summed E-state index contributed by atoms with van der Waals surface area (Å²) in [6.07, 6.45) is 35.1. The van der Waals surface area contributed by atoms with Crippen molar-refractivity contribution in [2.75, 3.05) is 0 Å². The average molecular weight is 509 g/mol. The van der Waals surface area contributed by atoms with Crippen LogP contribution < -0.4 is 0 Å². The summed E-state index contributed by atoms with van der Waals surface area (Å²) in [5, 5.41) is 17.5. The second-order valence-corrected chi connectivity index (χ2v) is 10.9. The molecule has 36 heavy (non-hydrogen) atoms. The van der Waals surface area contributed by atoms with Gasteiger partial charge < -0.3 is 10.2 Å². The third-order valence-electron chi connectivity index (χ3n) is 7.38. The van der Waals surface area contributed by atoms with Crippen LogP contribution in [-0.2, 0) is 9.59 Å². The molecule has 0 aliphatic carbocycles. The lowest BCUT2D eigenvalue weighted by molar-refractivity contribution is -0.138. The molecule has 4 heteroatoms. The van der Waals surface area contributed by atoms with Crippen LogP contribution in [-0.4, -0.2) is 22.2 Å². The second kappa shape index (κ2) is 28.3. The van der Waals surface area contributed by atoms with Crippen LogP contribution in [0.4, 0.5) is 0 Å². The lowest BCUT2D eigenvalue weighted by Crippen LogP contribution is -2.02. The molecule has 212 valence electrons. The Bertz CT molecular complexity index is 514. The van der Waals surface area contributed by atoms with Crippen molar-refractivity contribution in [3.05, 3.63) is 12.2 Å². The number of allylic oxidation sites excluding steroid dienone is 2. The number of carboxylic acids is 2. The maximum Gasteiger partial charge on any atom is 0.303 e. The van der Waals surface area contributed by atoms with Crippen LogP contribution >= 0.6 is 0 Å². The van der Waals surface area contributed by atoms with Crippen LogP contribution in [0.3, 0.4) is 0 Å². The highest BCUT2D eigenvalue weighted by Gasteiger charge is 2.09. The molecule has 1 atom stereocenters. The maximum atomic E-state index is 10.8. The molecule has 0 spiro atoms. The Labute approximate surface area is 223 Å². The minimum absolute atomic E-state index is 0.312. The van der Waals surface area contributed by atoms with E-state index in [0.29, 0.717) is 12.8 Å². The van der Waals surface area contributed by atoms with E-state index in [1.807, 2.05) is 0 Å². The summed E-state index contributed by atoms with van der Waals surface area (Å²) < 4.78 is 0. The molecule has 0 fully saturated rings. The fourth-order valence-electron chi connectivity index (χ4n) is 5.06. The molecule has 2 N–H and O–H groups in total. The first-order chi connectivity index (χ1) is 17.6. The molecule has 0 heterocycles. The standard InChI is InChI=1S/C32H60O4/c1-2-3-4-5-6-14-17-20-25-30(27-23-24-29-32(35)36)26-21-18-15-12-10-8-7-9-11-13-16-19-22-28-31(33)34/h7-8,30H,2-6,9-29H2,1H3,(H,33,34)(H,35,36). The molecule has 4 nitrogen and oxygen atoms in total. The van der Waals surface area contributed by atoms with Gasteiger partial charge in [-0.15, -0.1) is 0 Å². The molecule has 0 saturated heterocycles. The first-order valence-electron chi connectivity index (χ1n) is 15.6. The van der Waals surface area contributed by atoms with Crippen molar-refractivity contribution in [1.29, 1.82) is 0 Å². The van der Waals surface area contributed by atoms with E-state index in [2.05, 4.69) is 19.1 Å². The number of aliphatic carboxylic acids is 2. The van der Waals surface area contributed by atoms with Gasteiger partial charge in [0.2, 0.25) is 0 Å². The highest BCUT2D eigenvalue weighted by Crippen LogP contribution is 2.24. The fraction of sp³-hybridized carbons (Fsp3) is 0.875. The molecular weight excluding hydrogens is 448 g/mol. The van der Waals surface area contributed by atoms with Crippen LogP contribution in [0.1, 0.15) is 174 Å². The normalized spacial score (nSPS) is 12.4. The summed E-state index contributed by atoms with van der Waals surface area (Å²) in [6, 6.07) is 0. The molecule has 0 aliphatic rings. The maximum absolute atomic E-state index is 10.8. The summed E-state index contributed by atoms with van der Waals surface area (Å²) in [7, 11) is 0. The summed E-state index contributed by atoms with van der Waals surface area (Å²) in [5.41, 5.74) is 0. The van der Waals surface area contributed by atoms with Crippen molar-refractivity contribution in [2.45, 2.75) is 174 Å². The summed E-state index contributed by atoms with van der Waals surface area (Å²) in [4.78, 5) is 21.3. The van der Waals surface area contributed by atoms with E-state index >= 15 is 0 Å². The molecule has 0 radical (unpaired) electrons. The summed E-state index contributed by atoms with van der Waals surface area (Å²) >= 11 is 0. The Morgan fingerprint density at radius 3 is 1.28 bits per heavy atom. The third kappa shape index (κ3) is 28.9. The van der Waals surface area contributed by atoms with E-state index in [-0.39, 0.29) is 0 Å². The zero-order valence-electron chi connectivity index (χ0n) is 23.8. The fourth-order valence-corrected chi connectivity index (χ4v) is 5.06. The quantitative estimate of drug-likeness (QED) is 0.0778. The lowest BCUT2D eigenvalue weighted by Gasteiger charge is -2.17. The van der Waals surface area contributed by atoms with Crippen molar-refractivity contribution < 1.29 is 19.8 Å². The van der Waals surface area contributed by atoms with E-state index in [1.165, 1.54) is 116 Å². The van der Waals surface area contributed by atoms with Crippen LogP contribution in [0.5, 0.6) is 0 Å². The molecule has 0 aromatic heterocycles. The number of carbonyl (C=O) groups is 2. The number of hydrogen-bond donors (Lipinski definition) is 2. The topological polar surface area (TPSA) is 74.6 Å². The predicted octanol–water partition coefficient (Wildman–Crippen LogP) is 10.5. The molecule has 1 unspecified atom stereocenters. The number of hydrogen-bond acceptors (Lipinski definition) is 2. The van der Waals surface area contributed by atoms with Gasteiger partial charge in [-0.05, 0) is 44.4 Å². The highest BCUT2D eigenvalue weighted by molar-refractivity contribution is 5.66. The lowest BCUT2D eigenvalue weighted by atomic mass is 9.89. The van der Waals surface area contributed by atoms with Crippen LogP contribution in [0, 0.1) is 5.92 Å². The van der Waals surface area contributed by atoms with Gasteiger partial charge in [-0.25, -0.2) is 0 Å². The van der Waals surface area contributed by atoms with Gasteiger partial charge in [0, 0.05) is 12.8 Å². The van der Waals surface area contributed by atoms with Crippen LogP contribution in [0.15, 0.2) is 12.2 Å². The van der Waals surface area contributed by atoms with Gasteiger partial charge in [-0.2, -0.15) is 0 Å². The average Bonchev–Trinajstić information content (AvgIpc) is 2.84. The molecule has 0 rings (SSSR count). The Kier molecular flexibility index (Phi) is 27.2. The largest absolute Gasteiger partial charge is 0.481 e. The van der Waals surface area contributed by atoms with Gasteiger partial charge in [0.1, 0.15) is 0 Å². The van der Waals surface area contributed by atoms with Gasteiger partial charge in [-0.3, -0.25) is 9.59 Å². The molecule has 0 saturated carbocycles. The van der Waals surface area contributed by atoms with Gasteiger partial charge in [-0.1, -0.05) is 135 Å². The van der Waals surface area contributed by atoms with Gasteiger partial charge in [0.25, 0.3) is 0 Å². The first kappa shape index (κ1) is 34.7. The molecular formula is C32H60O4. The second-order valence-electron chi connectivity index (χ2n) is 10.9. The van der Waals surface area contributed by atoms with Crippen molar-refractivity contribution in [2.24, 2.45) is 5.92 Å². The van der Waals surface area contributed by atoms with Crippen LogP contribution in [0.2, 0.25) is 0 Å². The van der Waals surface area contributed by atoms with Crippen molar-refractivity contribution in [3.8, 4) is 0 Å². The molecule has 0 aromatic carbocycles. The van der Waals surface area contributed by atoms with Gasteiger partial charge in [0.15, 0.2) is 0 Å². The van der Waals surface area contributed by atoms with E-state index < -0.39 is 11.9 Å². The highest BCUT2D eigenvalue weighted by atomic mass is 16.4. The van der Waals surface area contributed by atoms with Gasteiger partial charge in [0.05, 0.1) is 0 Å². The molecule has 0 aromatic rings. The Balaban J connectivity index is 3.76. The molecule has 0 bridgehead atoms. The molecule has 0 amide bonds. The Hall–Kier alpha value is -1.32. The minimum Gasteiger partial charge on any atom is -0.481 e.